The number of anilines is 1. The van der Waals surface area contributed by atoms with Crippen molar-refractivity contribution >= 4 is 17.6 Å². The van der Waals surface area contributed by atoms with Gasteiger partial charge in [-0.05, 0) is 38.0 Å². The zero-order chi connectivity index (χ0) is 19.2. The van der Waals surface area contributed by atoms with Crippen molar-refractivity contribution in [3.8, 4) is 0 Å². The Kier molecular flexibility index (Phi) is 6.06. The summed E-state index contributed by atoms with van der Waals surface area (Å²) in [6.07, 6.45) is 1.20. The molecule has 3 amide bonds. The van der Waals surface area contributed by atoms with Crippen molar-refractivity contribution in [2.24, 2.45) is 5.92 Å². The highest BCUT2D eigenvalue weighted by Gasteiger charge is 2.27. The highest BCUT2D eigenvalue weighted by molar-refractivity contribution is 5.89. The molecule has 5 nitrogen and oxygen atoms in total. The van der Waals surface area contributed by atoms with Gasteiger partial charge in [0.2, 0.25) is 5.91 Å². The van der Waals surface area contributed by atoms with Crippen LogP contribution in [0.5, 0.6) is 0 Å². The third-order valence-corrected chi connectivity index (χ3v) is 4.87. The number of carbonyl (C=O) groups is 2. The second-order valence-corrected chi connectivity index (χ2v) is 6.87. The van der Waals surface area contributed by atoms with Crippen molar-refractivity contribution in [2.75, 3.05) is 18.4 Å². The van der Waals surface area contributed by atoms with E-state index >= 15 is 0 Å². The number of piperidine rings is 1. The summed E-state index contributed by atoms with van der Waals surface area (Å²) in [5.74, 6) is -0.558. The lowest BCUT2D eigenvalue weighted by Crippen LogP contribution is -2.44. The molecule has 1 fully saturated rings. The van der Waals surface area contributed by atoms with Gasteiger partial charge < -0.3 is 15.5 Å². The van der Waals surface area contributed by atoms with E-state index < -0.39 is 0 Å². The Morgan fingerprint density at radius 3 is 2.41 bits per heavy atom. The van der Waals surface area contributed by atoms with E-state index in [9.17, 15) is 14.0 Å². The minimum absolute atomic E-state index is 0.0863. The molecule has 0 aromatic heterocycles. The van der Waals surface area contributed by atoms with Crippen LogP contribution in [-0.2, 0) is 11.3 Å². The number of likely N-dealkylation sites (tertiary alicyclic amines) is 1. The first-order valence-electron chi connectivity index (χ1n) is 9.16. The van der Waals surface area contributed by atoms with Crippen LogP contribution in [-0.4, -0.2) is 29.9 Å². The van der Waals surface area contributed by atoms with Crippen molar-refractivity contribution in [1.29, 1.82) is 0 Å². The molecule has 0 saturated carbocycles. The third kappa shape index (κ3) is 5.06. The van der Waals surface area contributed by atoms with Gasteiger partial charge in [0.05, 0.1) is 0 Å². The second kappa shape index (κ2) is 8.66. The van der Waals surface area contributed by atoms with Crippen LogP contribution in [0.15, 0.2) is 48.5 Å². The highest BCUT2D eigenvalue weighted by Crippen LogP contribution is 2.19. The molecular formula is C21H24FN3O2. The van der Waals surface area contributed by atoms with E-state index in [2.05, 4.69) is 10.6 Å². The number of nitrogens with one attached hydrogen (secondary N) is 2. The molecule has 0 aliphatic carbocycles. The van der Waals surface area contributed by atoms with Gasteiger partial charge in [0.25, 0.3) is 0 Å². The number of hydrogen-bond donors (Lipinski definition) is 2. The van der Waals surface area contributed by atoms with Crippen molar-refractivity contribution in [1.82, 2.24) is 10.2 Å². The zero-order valence-electron chi connectivity index (χ0n) is 15.4. The minimum atomic E-state index is -0.319. The molecule has 1 heterocycles. The Bertz CT molecular complexity index is 799. The van der Waals surface area contributed by atoms with Crippen LogP contribution in [0.3, 0.4) is 0 Å². The Morgan fingerprint density at radius 2 is 1.74 bits per heavy atom. The summed E-state index contributed by atoms with van der Waals surface area (Å²) in [6, 6.07) is 13.9. The van der Waals surface area contributed by atoms with Crippen molar-refractivity contribution in [3.05, 3.63) is 65.5 Å². The average Bonchev–Trinajstić information content (AvgIpc) is 2.69. The lowest BCUT2D eigenvalue weighted by molar-refractivity contribution is -0.126. The van der Waals surface area contributed by atoms with Crippen LogP contribution in [0.1, 0.15) is 24.0 Å². The lowest BCUT2D eigenvalue weighted by atomic mass is 9.96. The first kappa shape index (κ1) is 18.9. The third-order valence-electron chi connectivity index (χ3n) is 4.87. The first-order chi connectivity index (χ1) is 13.0. The quantitative estimate of drug-likeness (QED) is 0.863. The molecule has 27 heavy (non-hydrogen) atoms. The van der Waals surface area contributed by atoms with Crippen LogP contribution in [0, 0.1) is 18.7 Å². The molecule has 2 N–H and O–H groups in total. The molecule has 0 atom stereocenters. The number of rotatable bonds is 4. The molecule has 2 aromatic rings. The fourth-order valence-electron chi connectivity index (χ4n) is 3.15. The second-order valence-electron chi connectivity index (χ2n) is 6.87. The molecule has 142 valence electrons. The summed E-state index contributed by atoms with van der Waals surface area (Å²) >= 11 is 0. The summed E-state index contributed by atoms with van der Waals surface area (Å²) in [6.45, 7) is 3.22. The molecule has 0 spiro atoms. The maximum Gasteiger partial charge on any atom is 0.321 e. The topological polar surface area (TPSA) is 61.4 Å². The molecule has 1 aliphatic heterocycles. The minimum Gasteiger partial charge on any atom is -0.352 e. The van der Waals surface area contributed by atoms with Crippen LogP contribution >= 0.6 is 0 Å². The van der Waals surface area contributed by atoms with E-state index in [1.165, 1.54) is 6.07 Å². The Hall–Kier alpha value is -2.89. The van der Waals surface area contributed by atoms with Crippen LogP contribution in [0.4, 0.5) is 14.9 Å². The molecule has 2 aromatic carbocycles. The van der Waals surface area contributed by atoms with Gasteiger partial charge in [0.15, 0.2) is 0 Å². The van der Waals surface area contributed by atoms with Gasteiger partial charge in [-0.1, -0.05) is 35.9 Å². The number of amides is 3. The van der Waals surface area contributed by atoms with Gasteiger partial charge in [0, 0.05) is 36.8 Å². The molecule has 1 saturated heterocycles. The van der Waals surface area contributed by atoms with Gasteiger partial charge in [0.1, 0.15) is 5.82 Å². The van der Waals surface area contributed by atoms with E-state index in [1.54, 1.807) is 23.1 Å². The highest BCUT2D eigenvalue weighted by atomic mass is 19.1. The zero-order valence-corrected chi connectivity index (χ0v) is 15.4. The maximum absolute atomic E-state index is 13.6. The summed E-state index contributed by atoms with van der Waals surface area (Å²) in [5, 5.41) is 5.68. The van der Waals surface area contributed by atoms with Gasteiger partial charge in [-0.25, -0.2) is 9.18 Å². The molecule has 3 rings (SSSR count). The van der Waals surface area contributed by atoms with Gasteiger partial charge in [-0.3, -0.25) is 4.79 Å². The average molecular weight is 369 g/mol. The maximum atomic E-state index is 13.6. The standard InChI is InChI=1S/C21H24FN3O2/c1-15-6-8-18(9-7-15)24-21(27)25-12-10-16(11-13-25)20(26)23-14-17-4-2-3-5-19(17)22/h2-9,16H,10-14H2,1H3,(H,23,26)(H,24,27). The monoisotopic (exact) mass is 369 g/mol. The Morgan fingerprint density at radius 1 is 1.07 bits per heavy atom. The number of carbonyl (C=O) groups excluding carboxylic acids is 2. The largest absolute Gasteiger partial charge is 0.352 e. The predicted octanol–water partition coefficient (Wildman–Crippen LogP) is 3.69. The Labute approximate surface area is 158 Å². The van der Waals surface area contributed by atoms with E-state index in [0.29, 0.717) is 31.5 Å². The van der Waals surface area contributed by atoms with Crippen molar-refractivity contribution in [2.45, 2.75) is 26.3 Å². The summed E-state index contributed by atoms with van der Waals surface area (Å²) in [4.78, 5) is 26.4. The molecule has 0 bridgehead atoms. The predicted molar refractivity (Wildman–Crippen MR) is 103 cm³/mol. The fourth-order valence-corrected chi connectivity index (χ4v) is 3.15. The van der Waals surface area contributed by atoms with Gasteiger partial charge >= 0.3 is 6.03 Å². The van der Waals surface area contributed by atoms with Crippen LogP contribution < -0.4 is 10.6 Å². The van der Waals surface area contributed by atoms with E-state index in [0.717, 1.165) is 11.3 Å². The summed E-state index contributed by atoms with van der Waals surface area (Å²) in [5.41, 5.74) is 2.37. The summed E-state index contributed by atoms with van der Waals surface area (Å²) < 4.78 is 13.6. The van der Waals surface area contributed by atoms with E-state index in [-0.39, 0.29) is 30.2 Å². The Balaban J connectivity index is 1.45. The van der Waals surface area contributed by atoms with Crippen LogP contribution in [0.2, 0.25) is 0 Å². The fraction of sp³-hybridized carbons (Fsp3) is 0.333. The number of nitrogens with zero attached hydrogens (tertiary/aromatic N) is 1. The van der Waals surface area contributed by atoms with Crippen molar-refractivity contribution < 1.29 is 14.0 Å². The molecular weight excluding hydrogens is 345 g/mol. The molecule has 6 heteroatoms. The first-order valence-corrected chi connectivity index (χ1v) is 9.16. The van der Waals surface area contributed by atoms with Gasteiger partial charge in [-0.15, -0.1) is 0 Å². The lowest BCUT2D eigenvalue weighted by Gasteiger charge is -2.31. The molecule has 0 radical (unpaired) electrons. The number of halogens is 1. The SMILES string of the molecule is Cc1ccc(NC(=O)N2CCC(C(=O)NCc3ccccc3F)CC2)cc1. The molecule has 0 unspecified atom stereocenters. The van der Waals surface area contributed by atoms with E-state index in [1.807, 2.05) is 31.2 Å². The van der Waals surface area contributed by atoms with Gasteiger partial charge in [-0.2, -0.15) is 0 Å². The molecule has 1 aliphatic rings. The number of aryl methyl sites for hydroxylation is 1. The van der Waals surface area contributed by atoms with E-state index in [4.69, 9.17) is 0 Å². The normalized spacial score (nSPS) is 14.7. The van der Waals surface area contributed by atoms with Crippen LogP contribution in [0.25, 0.3) is 0 Å². The number of urea groups is 1. The number of hydrogen-bond acceptors (Lipinski definition) is 2. The smallest absolute Gasteiger partial charge is 0.321 e. The summed E-state index contributed by atoms with van der Waals surface area (Å²) in [7, 11) is 0. The number of benzene rings is 2. The van der Waals surface area contributed by atoms with Crippen molar-refractivity contribution in [3.63, 3.8) is 0 Å².